The second-order valence-electron chi connectivity index (χ2n) is 3.97. The monoisotopic (exact) mass is 264 g/mol. The lowest BCUT2D eigenvalue weighted by Gasteiger charge is -2.10. The van der Waals surface area contributed by atoms with E-state index in [-0.39, 0.29) is 18.1 Å². The lowest BCUT2D eigenvalue weighted by molar-refractivity contribution is -0.135. The Morgan fingerprint density at radius 1 is 1.37 bits per heavy atom. The number of aryl methyl sites for hydroxylation is 1. The minimum atomic E-state index is -1.19. The molecular weight excluding hydrogens is 248 g/mol. The number of methoxy groups -OCH3 is 1. The number of Topliss-reactive ketones (excluding diaryl/α,β-unsaturated/α-hetero) is 1. The average Bonchev–Trinajstić information content (AvgIpc) is 2.35. The van der Waals surface area contributed by atoms with Gasteiger partial charge in [-0.1, -0.05) is 12.1 Å². The van der Waals surface area contributed by atoms with E-state index in [0.29, 0.717) is 11.3 Å². The molecule has 0 heterocycles. The molecule has 0 saturated carbocycles. The highest BCUT2D eigenvalue weighted by Crippen LogP contribution is 2.22. The fourth-order valence-electron chi connectivity index (χ4n) is 1.38. The summed E-state index contributed by atoms with van der Waals surface area (Å²) in [6.45, 7) is 3.34. The van der Waals surface area contributed by atoms with Gasteiger partial charge in [-0.15, -0.1) is 0 Å². The summed E-state index contributed by atoms with van der Waals surface area (Å²) in [7, 11) is 1.46. The number of carboxylic acid groups (broad SMARTS) is 1. The minimum absolute atomic E-state index is 0.109. The first-order valence-electron chi connectivity index (χ1n) is 5.67. The summed E-state index contributed by atoms with van der Waals surface area (Å²) in [5.74, 6) is -1.18. The van der Waals surface area contributed by atoms with Crippen LogP contribution >= 0.6 is 0 Å². The van der Waals surface area contributed by atoms with Crippen LogP contribution in [0.3, 0.4) is 0 Å². The summed E-state index contributed by atoms with van der Waals surface area (Å²) in [5, 5.41) is 9.01. The Bertz CT molecular complexity index is 517. The predicted octanol–water partition coefficient (Wildman–Crippen LogP) is 2.19. The summed E-state index contributed by atoms with van der Waals surface area (Å²) in [4.78, 5) is 22.3. The van der Waals surface area contributed by atoms with Crippen LogP contribution in [0.15, 0.2) is 30.0 Å². The standard InChI is InChI=1S/C14H16O5/c1-9-4-5-11(10(2)15)8-13(9)19-12(14(16)17)6-7-18-3/h4-6,8H,7H2,1-3H3,(H,16,17). The zero-order valence-electron chi connectivity index (χ0n) is 11.1. The Kier molecular flexibility index (Phi) is 5.26. The fourth-order valence-corrected chi connectivity index (χ4v) is 1.38. The number of aliphatic carboxylic acids is 1. The molecule has 0 radical (unpaired) electrons. The maximum absolute atomic E-state index is 11.3. The summed E-state index contributed by atoms with van der Waals surface area (Å²) >= 11 is 0. The van der Waals surface area contributed by atoms with E-state index < -0.39 is 5.97 Å². The van der Waals surface area contributed by atoms with Gasteiger partial charge >= 0.3 is 5.97 Å². The highest BCUT2D eigenvalue weighted by atomic mass is 16.5. The van der Waals surface area contributed by atoms with Crippen LogP contribution in [0.1, 0.15) is 22.8 Å². The van der Waals surface area contributed by atoms with E-state index >= 15 is 0 Å². The van der Waals surface area contributed by atoms with Crippen molar-refractivity contribution >= 4 is 11.8 Å². The van der Waals surface area contributed by atoms with Crippen molar-refractivity contribution < 1.29 is 24.2 Å². The average molecular weight is 264 g/mol. The molecule has 0 fully saturated rings. The topological polar surface area (TPSA) is 72.8 Å². The van der Waals surface area contributed by atoms with E-state index in [9.17, 15) is 9.59 Å². The second-order valence-corrected chi connectivity index (χ2v) is 3.97. The van der Waals surface area contributed by atoms with Gasteiger partial charge in [-0.25, -0.2) is 4.79 Å². The largest absolute Gasteiger partial charge is 0.475 e. The number of carboxylic acids is 1. The molecule has 0 aliphatic carbocycles. The zero-order valence-corrected chi connectivity index (χ0v) is 11.1. The predicted molar refractivity (Wildman–Crippen MR) is 69.4 cm³/mol. The number of ether oxygens (including phenoxy) is 2. The molecule has 102 valence electrons. The summed E-state index contributed by atoms with van der Waals surface area (Å²) in [5.41, 5.74) is 1.21. The van der Waals surface area contributed by atoms with Gasteiger partial charge in [-0.2, -0.15) is 0 Å². The van der Waals surface area contributed by atoms with E-state index in [1.54, 1.807) is 19.1 Å². The molecule has 5 nitrogen and oxygen atoms in total. The van der Waals surface area contributed by atoms with Gasteiger partial charge in [-0.3, -0.25) is 4.79 Å². The molecule has 0 saturated heterocycles. The first kappa shape index (κ1) is 14.9. The molecule has 1 rings (SSSR count). The molecule has 0 spiro atoms. The quantitative estimate of drug-likeness (QED) is 0.484. The highest BCUT2D eigenvalue weighted by Gasteiger charge is 2.12. The molecule has 0 atom stereocenters. The molecular formula is C14H16O5. The Morgan fingerprint density at radius 2 is 2.05 bits per heavy atom. The van der Waals surface area contributed by atoms with Gasteiger partial charge in [-0.05, 0) is 31.6 Å². The number of benzene rings is 1. The van der Waals surface area contributed by atoms with Crippen LogP contribution in [-0.2, 0) is 9.53 Å². The van der Waals surface area contributed by atoms with E-state index in [4.69, 9.17) is 14.6 Å². The summed E-state index contributed by atoms with van der Waals surface area (Å²) in [6.07, 6.45) is 1.32. The van der Waals surface area contributed by atoms with Crippen molar-refractivity contribution in [1.82, 2.24) is 0 Å². The van der Waals surface area contributed by atoms with Crippen molar-refractivity contribution in [1.29, 1.82) is 0 Å². The van der Waals surface area contributed by atoms with Gasteiger partial charge in [0, 0.05) is 12.7 Å². The molecule has 5 heteroatoms. The number of rotatable bonds is 6. The van der Waals surface area contributed by atoms with E-state index in [2.05, 4.69) is 0 Å². The number of ketones is 1. The van der Waals surface area contributed by atoms with E-state index in [1.165, 1.54) is 26.2 Å². The van der Waals surface area contributed by atoms with Gasteiger partial charge in [0.05, 0.1) is 6.61 Å². The maximum Gasteiger partial charge on any atom is 0.371 e. The van der Waals surface area contributed by atoms with Crippen molar-refractivity contribution in [3.8, 4) is 5.75 Å². The van der Waals surface area contributed by atoms with Gasteiger partial charge in [0.1, 0.15) is 5.75 Å². The summed E-state index contributed by atoms with van der Waals surface area (Å²) < 4.78 is 10.1. The molecule has 0 amide bonds. The van der Waals surface area contributed by atoms with Crippen molar-refractivity contribution in [2.45, 2.75) is 13.8 Å². The van der Waals surface area contributed by atoms with Crippen LogP contribution in [0.5, 0.6) is 5.75 Å². The number of hydrogen-bond acceptors (Lipinski definition) is 4. The second kappa shape index (κ2) is 6.70. The van der Waals surface area contributed by atoms with Crippen molar-refractivity contribution in [3.05, 3.63) is 41.2 Å². The molecule has 1 aromatic rings. The molecule has 0 aromatic heterocycles. The van der Waals surface area contributed by atoms with Crippen LogP contribution in [-0.4, -0.2) is 30.6 Å². The molecule has 1 aromatic carbocycles. The Balaban J connectivity index is 3.05. The van der Waals surface area contributed by atoms with Gasteiger partial charge in [0.25, 0.3) is 0 Å². The Morgan fingerprint density at radius 3 is 2.58 bits per heavy atom. The van der Waals surface area contributed by atoms with Crippen LogP contribution in [0, 0.1) is 6.92 Å². The molecule has 0 bridgehead atoms. The maximum atomic E-state index is 11.3. The van der Waals surface area contributed by atoms with Gasteiger partial charge in [0.15, 0.2) is 5.78 Å². The van der Waals surface area contributed by atoms with Crippen LogP contribution < -0.4 is 4.74 Å². The highest BCUT2D eigenvalue weighted by molar-refractivity contribution is 5.94. The lowest BCUT2D eigenvalue weighted by atomic mass is 10.1. The van der Waals surface area contributed by atoms with Gasteiger partial charge < -0.3 is 14.6 Å². The molecule has 0 unspecified atom stereocenters. The third-order valence-electron chi connectivity index (χ3n) is 2.46. The van der Waals surface area contributed by atoms with Crippen molar-refractivity contribution in [2.24, 2.45) is 0 Å². The Hall–Kier alpha value is -2.14. The van der Waals surface area contributed by atoms with Crippen LogP contribution in [0.4, 0.5) is 0 Å². The third-order valence-corrected chi connectivity index (χ3v) is 2.46. The zero-order chi connectivity index (χ0) is 14.4. The molecule has 0 aliphatic rings. The number of carbonyl (C=O) groups is 2. The smallest absolute Gasteiger partial charge is 0.371 e. The van der Waals surface area contributed by atoms with Gasteiger partial charge in [0.2, 0.25) is 5.76 Å². The fraction of sp³-hybridized carbons (Fsp3) is 0.286. The summed E-state index contributed by atoms with van der Waals surface area (Å²) in [6, 6.07) is 4.91. The van der Waals surface area contributed by atoms with Crippen molar-refractivity contribution in [2.75, 3.05) is 13.7 Å². The molecule has 1 N–H and O–H groups in total. The molecule has 0 aliphatic heterocycles. The van der Waals surface area contributed by atoms with E-state index in [0.717, 1.165) is 5.56 Å². The first-order chi connectivity index (χ1) is 8.95. The van der Waals surface area contributed by atoms with Crippen molar-refractivity contribution in [3.63, 3.8) is 0 Å². The first-order valence-corrected chi connectivity index (χ1v) is 5.67. The third kappa shape index (κ3) is 4.22. The normalized spacial score (nSPS) is 11.2. The van der Waals surface area contributed by atoms with Crippen LogP contribution in [0.2, 0.25) is 0 Å². The molecule has 19 heavy (non-hydrogen) atoms. The SMILES string of the molecule is COCC=C(Oc1cc(C(C)=O)ccc1C)C(=O)O. The Labute approximate surface area is 111 Å². The van der Waals surface area contributed by atoms with Crippen LogP contribution in [0.25, 0.3) is 0 Å². The number of hydrogen-bond donors (Lipinski definition) is 1. The minimum Gasteiger partial charge on any atom is -0.475 e. The lowest BCUT2D eigenvalue weighted by Crippen LogP contribution is -2.10. The number of carbonyl (C=O) groups excluding carboxylic acids is 1. The van der Waals surface area contributed by atoms with E-state index in [1.807, 2.05) is 0 Å².